The molecule has 1 spiro atoms. The SMILES string of the molecule is COc1cnc(N2CCC[C@]3(CCC(=O)N(Cc4ccccn4)C3)C2)nc1. The number of carbonyl (C=O) groups excluding carboxylic acids is 1. The van der Waals surface area contributed by atoms with Crippen LogP contribution in [0, 0.1) is 5.41 Å². The first-order valence-electron chi connectivity index (χ1n) is 9.46. The van der Waals surface area contributed by atoms with Gasteiger partial charge in [-0.1, -0.05) is 6.07 Å². The summed E-state index contributed by atoms with van der Waals surface area (Å²) in [4.78, 5) is 30.0. The number of aromatic nitrogens is 3. The molecule has 2 aliphatic heterocycles. The van der Waals surface area contributed by atoms with Crippen molar-refractivity contribution in [1.29, 1.82) is 0 Å². The number of likely N-dealkylation sites (tertiary alicyclic amines) is 1. The molecule has 0 bridgehead atoms. The Kier molecular flexibility index (Phi) is 4.92. The van der Waals surface area contributed by atoms with Crippen LogP contribution in [0.1, 0.15) is 31.4 Å². The number of pyridine rings is 1. The Bertz CT molecular complexity index is 783. The molecule has 7 nitrogen and oxygen atoms in total. The molecular weight excluding hydrogens is 342 g/mol. The molecule has 1 atom stereocenters. The van der Waals surface area contributed by atoms with Crippen LogP contribution in [-0.2, 0) is 11.3 Å². The number of carbonyl (C=O) groups is 1. The topological polar surface area (TPSA) is 71.5 Å². The zero-order chi connectivity index (χ0) is 18.7. The summed E-state index contributed by atoms with van der Waals surface area (Å²) >= 11 is 0. The first kappa shape index (κ1) is 17.7. The first-order valence-corrected chi connectivity index (χ1v) is 9.46. The van der Waals surface area contributed by atoms with Crippen LogP contribution in [0.3, 0.4) is 0 Å². The Morgan fingerprint density at radius 1 is 1.15 bits per heavy atom. The molecule has 2 fully saturated rings. The molecule has 2 saturated heterocycles. The molecule has 142 valence electrons. The van der Waals surface area contributed by atoms with Gasteiger partial charge in [-0.25, -0.2) is 9.97 Å². The smallest absolute Gasteiger partial charge is 0.225 e. The largest absolute Gasteiger partial charge is 0.494 e. The number of ether oxygens (including phenoxy) is 1. The standard InChI is InChI=1S/C20H25N5O2/c1-27-17-11-22-19(23-12-17)24-10-4-7-20(14-24)8-6-18(26)25(15-20)13-16-5-2-3-9-21-16/h2-3,5,9,11-12H,4,6-8,10,13-15H2,1H3/t20-/m0/s1. The first-order chi connectivity index (χ1) is 13.2. The molecule has 2 aromatic heterocycles. The van der Waals surface area contributed by atoms with E-state index in [1.807, 2.05) is 23.1 Å². The van der Waals surface area contributed by atoms with Crippen LogP contribution in [-0.4, -0.2) is 52.5 Å². The highest BCUT2D eigenvalue weighted by Gasteiger charge is 2.42. The van der Waals surface area contributed by atoms with E-state index in [1.165, 1.54) is 0 Å². The third-order valence-corrected chi connectivity index (χ3v) is 5.62. The molecule has 2 aromatic rings. The van der Waals surface area contributed by atoms with E-state index in [2.05, 4.69) is 19.9 Å². The maximum absolute atomic E-state index is 12.5. The van der Waals surface area contributed by atoms with E-state index in [0.29, 0.717) is 18.7 Å². The van der Waals surface area contributed by atoms with Crippen LogP contribution in [0.2, 0.25) is 0 Å². The zero-order valence-corrected chi connectivity index (χ0v) is 15.7. The maximum atomic E-state index is 12.5. The van der Waals surface area contributed by atoms with E-state index < -0.39 is 0 Å². The van der Waals surface area contributed by atoms with Crippen molar-refractivity contribution >= 4 is 11.9 Å². The van der Waals surface area contributed by atoms with E-state index in [-0.39, 0.29) is 11.3 Å². The van der Waals surface area contributed by atoms with E-state index in [1.54, 1.807) is 25.7 Å². The Morgan fingerprint density at radius 3 is 2.74 bits per heavy atom. The van der Waals surface area contributed by atoms with Gasteiger partial charge in [0, 0.05) is 37.7 Å². The number of hydrogen-bond acceptors (Lipinski definition) is 6. The number of anilines is 1. The van der Waals surface area contributed by atoms with Crippen LogP contribution >= 0.6 is 0 Å². The number of nitrogens with zero attached hydrogens (tertiary/aromatic N) is 5. The number of piperidine rings is 2. The Labute approximate surface area is 159 Å². The van der Waals surface area contributed by atoms with Crippen LogP contribution in [0.4, 0.5) is 5.95 Å². The van der Waals surface area contributed by atoms with Crippen molar-refractivity contribution in [1.82, 2.24) is 19.9 Å². The van der Waals surface area contributed by atoms with E-state index >= 15 is 0 Å². The normalized spacial score (nSPS) is 22.9. The van der Waals surface area contributed by atoms with Gasteiger partial charge in [0.15, 0.2) is 5.75 Å². The van der Waals surface area contributed by atoms with Gasteiger partial charge in [0.25, 0.3) is 0 Å². The van der Waals surface area contributed by atoms with Crippen LogP contribution in [0.5, 0.6) is 5.75 Å². The number of rotatable bonds is 4. The van der Waals surface area contributed by atoms with Gasteiger partial charge in [0.1, 0.15) is 0 Å². The van der Waals surface area contributed by atoms with Crippen LogP contribution < -0.4 is 9.64 Å². The van der Waals surface area contributed by atoms with E-state index in [9.17, 15) is 4.79 Å². The molecule has 0 saturated carbocycles. The van der Waals surface area contributed by atoms with Gasteiger partial charge in [0.2, 0.25) is 11.9 Å². The number of methoxy groups -OCH3 is 1. The lowest BCUT2D eigenvalue weighted by molar-refractivity contribution is -0.138. The molecule has 0 unspecified atom stereocenters. The lowest BCUT2D eigenvalue weighted by Crippen LogP contribution is -2.54. The molecule has 0 radical (unpaired) electrons. The molecule has 7 heteroatoms. The predicted molar refractivity (Wildman–Crippen MR) is 101 cm³/mol. The molecular formula is C20H25N5O2. The van der Waals surface area contributed by atoms with Crippen molar-refractivity contribution in [3.05, 3.63) is 42.5 Å². The van der Waals surface area contributed by atoms with Gasteiger partial charge in [-0.3, -0.25) is 9.78 Å². The summed E-state index contributed by atoms with van der Waals surface area (Å²) in [6.07, 6.45) is 8.94. The molecule has 0 aliphatic carbocycles. The quantitative estimate of drug-likeness (QED) is 0.826. The summed E-state index contributed by atoms with van der Waals surface area (Å²) in [6.45, 7) is 3.18. The number of hydrogen-bond donors (Lipinski definition) is 0. The highest BCUT2D eigenvalue weighted by Crippen LogP contribution is 2.40. The van der Waals surface area contributed by atoms with E-state index in [0.717, 1.165) is 50.5 Å². The molecule has 0 N–H and O–H groups in total. The lowest BCUT2D eigenvalue weighted by atomic mass is 9.73. The summed E-state index contributed by atoms with van der Waals surface area (Å²) in [6, 6.07) is 5.85. The minimum atomic E-state index is 0.101. The van der Waals surface area contributed by atoms with Gasteiger partial charge in [0.05, 0.1) is 31.7 Å². The second-order valence-electron chi connectivity index (χ2n) is 7.52. The minimum Gasteiger partial charge on any atom is -0.494 e. The van der Waals surface area contributed by atoms with E-state index in [4.69, 9.17) is 4.74 Å². The average molecular weight is 367 g/mol. The van der Waals surface area contributed by atoms with Gasteiger partial charge < -0.3 is 14.5 Å². The van der Waals surface area contributed by atoms with Gasteiger partial charge in [-0.15, -0.1) is 0 Å². The lowest BCUT2D eigenvalue weighted by Gasteiger charge is -2.48. The molecule has 0 aromatic carbocycles. The van der Waals surface area contributed by atoms with Crippen LogP contribution in [0.25, 0.3) is 0 Å². The van der Waals surface area contributed by atoms with Crippen molar-refractivity contribution in [3.63, 3.8) is 0 Å². The minimum absolute atomic E-state index is 0.101. The second kappa shape index (κ2) is 7.50. The average Bonchev–Trinajstić information content (AvgIpc) is 2.72. The van der Waals surface area contributed by atoms with Crippen molar-refractivity contribution in [2.45, 2.75) is 32.2 Å². The Hall–Kier alpha value is -2.70. The summed E-state index contributed by atoms with van der Waals surface area (Å²) < 4.78 is 5.16. The summed E-state index contributed by atoms with van der Waals surface area (Å²) in [5, 5.41) is 0. The highest BCUT2D eigenvalue weighted by atomic mass is 16.5. The molecule has 4 heterocycles. The molecule has 1 amide bonds. The van der Waals surface area contributed by atoms with Crippen molar-refractivity contribution in [2.75, 3.05) is 31.6 Å². The van der Waals surface area contributed by atoms with Crippen molar-refractivity contribution in [2.24, 2.45) is 5.41 Å². The van der Waals surface area contributed by atoms with Gasteiger partial charge in [-0.05, 0) is 31.4 Å². The fourth-order valence-corrected chi connectivity index (χ4v) is 4.22. The zero-order valence-electron chi connectivity index (χ0n) is 15.7. The third kappa shape index (κ3) is 3.86. The summed E-state index contributed by atoms with van der Waals surface area (Å²) in [5.41, 5.74) is 1.04. The van der Waals surface area contributed by atoms with Crippen molar-refractivity contribution in [3.8, 4) is 5.75 Å². The monoisotopic (exact) mass is 367 g/mol. The summed E-state index contributed by atoms with van der Waals surface area (Å²) in [7, 11) is 1.61. The Morgan fingerprint density at radius 2 is 2.00 bits per heavy atom. The highest BCUT2D eigenvalue weighted by molar-refractivity contribution is 5.77. The number of amides is 1. The fourth-order valence-electron chi connectivity index (χ4n) is 4.22. The van der Waals surface area contributed by atoms with Crippen LogP contribution in [0.15, 0.2) is 36.8 Å². The Balaban J connectivity index is 1.48. The fraction of sp³-hybridized carbons (Fsp3) is 0.500. The molecule has 4 rings (SSSR count). The molecule has 2 aliphatic rings. The van der Waals surface area contributed by atoms with Gasteiger partial charge in [-0.2, -0.15) is 0 Å². The van der Waals surface area contributed by atoms with Gasteiger partial charge >= 0.3 is 0 Å². The maximum Gasteiger partial charge on any atom is 0.225 e. The summed E-state index contributed by atoms with van der Waals surface area (Å²) in [5.74, 6) is 1.63. The second-order valence-corrected chi connectivity index (χ2v) is 7.52. The predicted octanol–water partition coefficient (Wildman–Crippen LogP) is 2.29. The molecule has 27 heavy (non-hydrogen) atoms. The third-order valence-electron chi connectivity index (χ3n) is 5.62. The van der Waals surface area contributed by atoms with Crippen molar-refractivity contribution < 1.29 is 9.53 Å².